The predicted molar refractivity (Wildman–Crippen MR) is 111 cm³/mol. The van der Waals surface area contributed by atoms with Crippen LogP contribution in [0.4, 0.5) is 0 Å². The fourth-order valence-corrected chi connectivity index (χ4v) is 4.27. The highest BCUT2D eigenvalue weighted by atomic mass is 16.5. The number of amides is 1. The number of pyridine rings is 1. The first-order chi connectivity index (χ1) is 14.8. The van der Waals surface area contributed by atoms with E-state index < -0.39 is 0 Å². The van der Waals surface area contributed by atoms with E-state index in [0.717, 1.165) is 75.8 Å². The van der Waals surface area contributed by atoms with Gasteiger partial charge in [-0.05, 0) is 49.4 Å². The molecule has 162 valence electrons. The Morgan fingerprint density at radius 1 is 1.30 bits per heavy atom. The maximum atomic E-state index is 12.5. The molecule has 0 saturated carbocycles. The average molecular weight is 414 g/mol. The molecule has 2 atom stereocenters. The number of ether oxygens (including phenoxy) is 1. The highest BCUT2D eigenvalue weighted by Gasteiger charge is 2.28. The molecule has 8 heteroatoms. The van der Waals surface area contributed by atoms with Crippen LogP contribution in [0.1, 0.15) is 29.9 Å². The Labute approximate surface area is 177 Å². The van der Waals surface area contributed by atoms with Crippen molar-refractivity contribution < 1.29 is 14.1 Å². The van der Waals surface area contributed by atoms with Crippen molar-refractivity contribution >= 4 is 5.91 Å². The Morgan fingerprint density at radius 3 is 3.03 bits per heavy atom. The van der Waals surface area contributed by atoms with Crippen molar-refractivity contribution in [1.29, 1.82) is 0 Å². The molecule has 0 radical (unpaired) electrons. The van der Waals surface area contributed by atoms with E-state index in [0.29, 0.717) is 24.8 Å². The van der Waals surface area contributed by atoms with Crippen LogP contribution in [0.25, 0.3) is 0 Å². The monoisotopic (exact) mass is 413 g/mol. The number of hydrogen-bond donors (Lipinski definition) is 2. The number of piperidine rings is 1. The number of carbonyl (C=O) groups excluding carboxylic acids is 1. The van der Waals surface area contributed by atoms with Crippen LogP contribution in [-0.4, -0.2) is 60.3 Å². The quantitative estimate of drug-likeness (QED) is 0.675. The Morgan fingerprint density at radius 2 is 2.20 bits per heavy atom. The Hall–Kier alpha value is -2.29. The summed E-state index contributed by atoms with van der Waals surface area (Å²) in [7, 11) is 0. The van der Waals surface area contributed by atoms with Gasteiger partial charge in [0, 0.05) is 44.5 Å². The number of carbonyl (C=O) groups is 1. The lowest BCUT2D eigenvalue weighted by Crippen LogP contribution is -2.40. The van der Waals surface area contributed by atoms with Crippen molar-refractivity contribution in [3.05, 3.63) is 47.6 Å². The zero-order valence-electron chi connectivity index (χ0n) is 17.4. The van der Waals surface area contributed by atoms with E-state index >= 15 is 0 Å². The summed E-state index contributed by atoms with van der Waals surface area (Å²) >= 11 is 0. The Kier molecular flexibility index (Phi) is 7.44. The second-order valence-electron chi connectivity index (χ2n) is 8.23. The summed E-state index contributed by atoms with van der Waals surface area (Å²) in [5.74, 6) is 1.73. The van der Waals surface area contributed by atoms with Gasteiger partial charge in [-0.2, -0.15) is 0 Å². The second kappa shape index (κ2) is 10.7. The van der Waals surface area contributed by atoms with Crippen molar-refractivity contribution in [2.45, 2.75) is 32.4 Å². The molecule has 4 rings (SSSR count). The fraction of sp³-hybridized carbons (Fsp3) is 0.591. The molecule has 4 heterocycles. The van der Waals surface area contributed by atoms with Gasteiger partial charge in [-0.25, -0.2) is 0 Å². The summed E-state index contributed by atoms with van der Waals surface area (Å²) in [6, 6.07) is 5.93. The summed E-state index contributed by atoms with van der Waals surface area (Å²) in [6.45, 7) is 6.58. The van der Waals surface area contributed by atoms with Crippen LogP contribution >= 0.6 is 0 Å². The molecule has 2 aromatic rings. The van der Waals surface area contributed by atoms with Gasteiger partial charge in [0.1, 0.15) is 0 Å². The van der Waals surface area contributed by atoms with Gasteiger partial charge >= 0.3 is 0 Å². The van der Waals surface area contributed by atoms with Crippen molar-refractivity contribution in [3.63, 3.8) is 0 Å². The molecule has 1 amide bonds. The van der Waals surface area contributed by atoms with Crippen LogP contribution in [-0.2, 0) is 29.0 Å². The maximum absolute atomic E-state index is 12.5. The number of morpholine rings is 1. The third-order valence-electron chi connectivity index (χ3n) is 5.99. The topological polar surface area (TPSA) is 92.5 Å². The molecule has 0 aliphatic carbocycles. The molecule has 2 aliphatic rings. The smallest absolute Gasteiger partial charge is 0.220 e. The highest BCUT2D eigenvalue weighted by Crippen LogP contribution is 2.26. The van der Waals surface area contributed by atoms with Crippen molar-refractivity contribution in [2.24, 2.45) is 11.8 Å². The average Bonchev–Trinajstić information content (AvgIpc) is 3.22. The minimum absolute atomic E-state index is 0.101. The van der Waals surface area contributed by atoms with E-state index in [1.807, 2.05) is 12.1 Å². The van der Waals surface area contributed by atoms with Gasteiger partial charge in [-0.15, -0.1) is 0 Å². The molecule has 30 heavy (non-hydrogen) atoms. The van der Waals surface area contributed by atoms with E-state index in [2.05, 4.69) is 31.7 Å². The summed E-state index contributed by atoms with van der Waals surface area (Å²) in [5.41, 5.74) is 2.00. The van der Waals surface area contributed by atoms with Gasteiger partial charge in [-0.3, -0.25) is 14.7 Å². The standard InChI is InChI=1S/C22H31N5O3/c28-22(25-14-17-2-1-4-23-13-17)11-18-3-5-24-15-19(18)10-20-12-21(30-26-20)16-27-6-8-29-9-7-27/h1-2,4,12-13,18-19,24H,3,5-11,14-16H2,(H,25,28). The Bertz CT molecular complexity index is 791. The third-order valence-corrected chi connectivity index (χ3v) is 5.99. The zero-order chi connectivity index (χ0) is 20.6. The lowest BCUT2D eigenvalue weighted by Gasteiger charge is -2.31. The lowest BCUT2D eigenvalue weighted by atomic mass is 9.81. The van der Waals surface area contributed by atoms with Gasteiger partial charge < -0.3 is 19.9 Å². The second-order valence-corrected chi connectivity index (χ2v) is 8.23. The van der Waals surface area contributed by atoms with E-state index in [9.17, 15) is 4.79 Å². The van der Waals surface area contributed by atoms with Crippen LogP contribution in [0.2, 0.25) is 0 Å². The van der Waals surface area contributed by atoms with E-state index in [4.69, 9.17) is 9.26 Å². The third kappa shape index (κ3) is 6.10. The SMILES string of the molecule is O=C(CC1CCNCC1Cc1cc(CN2CCOCC2)on1)NCc1cccnc1. The zero-order valence-corrected chi connectivity index (χ0v) is 17.4. The van der Waals surface area contributed by atoms with Crippen LogP contribution < -0.4 is 10.6 Å². The molecule has 0 spiro atoms. The molecule has 0 aromatic carbocycles. The lowest BCUT2D eigenvalue weighted by molar-refractivity contribution is -0.122. The molecular formula is C22H31N5O3. The van der Waals surface area contributed by atoms with E-state index in [1.165, 1.54) is 0 Å². The van der Waals surface area contributed by atoms with Gasteiger partial charge in [0.2, 0.25) is 5.91 Å². The first-order valence-corrected chi connectivity index (χ1v) is 10.9. The minimum Gasteiger partial charge on any atom is -0.379 e. The van der Waals surface area contributed by atoms with Gasteiger partial charge in [0.05, 0.1) is 25.5 Å². The molecule has 2 N–H and O–H groups in total. The predicted octanol–water partition coefficient (Wildman–Crippen LogP) is 1.38. The van der Waals surface area contributed by atoms with Crippen molar-refractivity contribution in [2.75, 3.05) is 39.4 Å². The molecule has 2 unspecified atom stereocenters. The number of rotatable bonds is 8. The first-order valence-electron chi connectivity index (χ1n) is 10.9. The Balaban J connectivity index is 1.27. The fourth-order valence-electron chi connectivity index (χ4n) is 4.27. The van der Waals surface area contributed by atoms with E-state index in [-0.39, 0.29) is 5.91 Å². The first kappa shape index (κ1) is 21.0. The van der Waals surface area contributed by atoms with Gasteiger partial charge in [0.15, 0.2) is 5.76 Å². The number of nitrogens with zero attached hydrogens (tertiary/aromatic N) is 3. The molecular weight excluding hydrogens is 382 g/mol. The van der Waals surface area contributed by atoms with Crippen molar-refractivity contribution in [3.8, 4) is 0 Å². The maximum Gasteiger partial charge on any atom is 0.220 e. The number of nitrogens with one attached hydrogen (secondary N) is 2. The van der Waals surface area contributed by atoms with Crippen molar-refractivity contribution in [1.82, 2.24) is 25.7 Å². The van der Waals surface area contributed by atoms with Crippen LogP contribution in [0, 0.1) is 11.8 Å². The summed E-state index contributed by atoms with van der Waals surface area (Å²) in [6.07, 6.45) is 5.91. The number of hydrogen-bond acceptors (Lipinski definition) is 7. The highest BCUT2D eigenvalue weighted by molar-refractivity contribution is 5.76. The molecule has 2 aliphatic heterocycles. The normalized spacial score (nSPS) is 22.7. The summed E-state index contributed by atoms with van der Waals surface area (Å²) < 4.78 is 11.0. The van der Waals surface area contributed by atoms with Gasteiger partial charge in [-0.1, -0.05) is 11.2 Å². The molecule has 8 nitrogen and oxygen atoms in total. The largest absolute Gasteiger partial charge is 0.379 e. The van der Waals surface area contributed by atoms with E-state index in [1.54, 1.807) is 12.4 Å². The molecule has 2 fully saturated rings. The van der Waals surface area contributed by atoms with Gasteiger partial charge in [0.25, 0.3) is 0 Å². The summed E-state index contributed by atoms with van der Waals surface area (Å²) in [5, 5.41) is 10.8. The molecule has 0 bridgehead atoms. The van der Waals surface area contributed by atoms with Crippen LogP contribution in [0.5, 0.6) is 0 Å². The van der Waals surface area contributed by atoms with Crippen LogP contribution in [0.15, 0.2) is 35.1 Å². The minimum atomic E-state index is 0.101. The molecule has 2 aromatic heterocycles. The van der Waals surface area contributed by atoms with Crippen LogP contribution in [0.3, 0.4) is 0 Å². The number of aromatic nitrogens is 2. The summed E-state index contributed by atoms with van der Waals surface area (Å²) in [4.78, 5) is 18.9. The molecule has 2 saturated heterocycles.